The second kappa shape index (κ2) is 22.7. The highest BCUT2D eigenvalue weighted by Gasteiger charge is 2.32. The van der Waals surface area contributed by atoms with Crippen LogP contribution >= 0.6 is 0 Å². The van der Waals surface area contributed by atoms with Crippen LogP contribution in [-0.2, 0) is 47.7 Å². The summed E-state index contributed by atoms with van der Waals surface area (Å²) in [5, 5.41) is 17.8. The Hall–Kier alpha value is -2.85. The Morgan fingerprint density at radius 1 is 0.894 bits per heavy atom. The molecule has 2 aliphatic rings. The molecule has 3 amide bonds. The third-order valence-corrected chi connectivity index (χ3v) is 7.68. The molecule has 2 heterocycles. The van der Waals surface area contributed by atoms with Crippen LogP contribution < -0.4 is 16.0 Å². The third kappa shape index (κ3) is 18.9. The fourth-order valence-corrected chi connectivity index (χ4v) is 5.30. The molecule has 0 aliphatic carbocycles. The van der Waals surface area contributed by atoms with Gasteiger partial charge in [0.1, 0.15) is 18.2 Å². The van der Waals surface area contributed by atoms with E-state index in [-0.39, 0.29) is 45.4 Å². The minimum Gasteiger partial charge on any atom is -0.481 e. The van der Waals surface area contributed by atoms with Crippen LogP contribution in [0.15, 0.2) is 0 Å². The highest BCUT2D eigenvalue weighted by atomic mass is 16.6. The number of ether oxygens (including phenoxy) is 5. The number of nitrogens with zero attached hydrogens (tertiary/aromatic N) is 1. The number of hydrogen-bond donors (Lipinski definition) is 4. The van der Waals surface area contributed by atoms with Gasteiger partial charge in [-0.25, -0.2) is 4.79 Å². The number of carbonyl (C=O) groups is 5. The van der Waals surface area contributed by atoms with E-state index < -0.39 is 47.7 Å². The number of carboxylic acids is 1. The van der Waals surface area contributed by atoms with Crippen LogP contribution in [0.5, 0.6) is 0 Å². The SMILES string of the molecule is CC(C)(C)OC(=O)COCCOCCOCCOCCNC(=O)[C@H](CC(=O)O)NC(=O)[C@@H]1CCCN(C(=O)CCC2CCNCC2)C1. The number of carboxylic acid groups (broad SMARTS) is 1. The topological polar surface area (TPSA) is 191 Å². The number of rotatable bonds is 22. The Bertz CT molecular complexity index is 969. The summed E-state index contributed by atoms with van der Waals surface area (Å²) >= 11 is 0. The average Bonchev–Trinajstić information content (AvgIpc) is 3.02. The molecule has 0 unspecified atom stereocenters. The zero-order chi connectivity index (χ0) is 34.5. The maximum atomic E-state index is 13.0. The molecule has 4 N–H and O–H groups in total. The van der Waals surface area contributed by atoms with E-state index in [1.54, 1.807) is 25.7 Å². The van der Waals surface area contributed by atoms with Crippen LogP contribution in [0.25, 0.3) is 0 Å². The summed E-state index contributed by atoms with van der Waals surface area (Å²) in [7, 11) is 0. The summed E-state index contributed by atoms with van der Waals surface area (Å²) < 4.78 is 26.6. The molecule has 2 fully saturated rings. The Morgan fingerprint density at radius 2 is 1.51 bits per heavy atom. The Labute approximate surface area is 278 Å². The van der Waals surface area contributed by atoms with Crippen molar-refractivity contribution in [3.8, 4) is 0 Å². The lowest BCUT2D eigenvalue weighted by Crippen LogP contribution is -2.52. The Balaban J connectivity index is 1.55. The van der Waals surface area contributed by atoms with E-state index in [9.17, 15) is 29.1 Å². The largest absolute Gasteiger partial charge is 0.481 e. The van der Waals surface area contributed by atoms with Crippen molar-refractivity contribution in [3.05, 3.63) is 0 Å². The van der Waals surface area contributed by atoms with Crippen LogP contribution in [0.2, 0.25) is 0 Å². The minimum absolute atomic E-state index is 0.0403. The molecule has 15 nitrogen and oxygen atoms in total. The van der Waals surface area contributed by atoms with E-state index in [1.807, 2.05) is 0 Å². The summed E-state index contributed by atoms with van der Waals surface area (Å²) in [6.07, 6.45) is 4.13. The molecule has 2 aliphatic heterocycles. The molecule has 2 rings (SSSR count). The van der Waals surface area contributed by atoms with Crippen LogP contribution in [-0.4, -0.2) is 137 Å². The highest BCUT2D eigenvalue weighted by Crippen LogP contribution is 2.22. The fourth-order valence-electron chi connectivity index (χ4n) is 5.30. The zero-order valence-electron chi connectivity index (χ0n) is 28.4. The van der Waals surface area contributed by atoms with E-state index in [0.29, 0.717) is 58.2 Å². The van der Waals surface area contributed by atoms with Gasteiger partial charge in [0.25, 0.3) is 0 Å². The van der Waals surface area contributed by atoms with Crippen LogP contribution in [0.1, 0.15) is 65.7 Å². The molecule has 0 spiro atoms. The van der Waals surface area contributed by atoms with Gasteiger partial charge in [0, 0.05) is 26.1 Å². The lowest BCUT2D eigenvalue weighted by Gasteiger charge is -2.33. The van der Waals surface area contributed by atoms with Crippen molar-refractivity contribution in [3.63, 3.8) is 0 Å². The van der Waals surface area contributed by atoms with Crippen LogP contribution in [0.3, 0.4) is 0 Å². The van der Waals surface area contributed by atoms with Gasteiger partial charge in [0.05, 0.1) is 58.6 Å². The van der Waals surface area contributed by atoms with Crippen molar-refractivity contribution >= 4 is 29.7 Å². The van der Waals surface area contributed by atoms with E-state index in [0.717, 1.165) is 32.4 Å². The first kappa shape index (κ1) is 40.3. The van der Waals surface area contributed by atoms with Crippen LogP contribution in [0, 0.1) is 11.8 Å². The van der Waals surface area contributed by atoms with Crippen LogP contribution in [0.4, 0.5) is 0 Å². The highest BCUT2D eigenvalue weighted by molar-refractivity contribution is 5.91. The maximum absolute atomic E-state index is 13.0. The van der Waals surface area contributed by atoms with Gasteiger partial charge >= 0.3 is 11.9 Å². The van der Waals surface area contributed by atoms with Gasteiger partial charge < -0.3 is 49.6 Å². The van der Waals surface area contributed by atoms with Crippen molar-refractivity contribution in [2.75, 3.05) is 85.6 Å². The van der Waals surface area contributed by atoms with Gasteiger partial charge in [-0.3, -0.25) is 19.2 Å². The number of esters is 1. The molecular formula is C32H56N4O11. The molecule has 0 aromatic rings. The molecule has 2 saturated heterocycles. The second-order valence-electron chi connectivity index (χ2n) is 12.8. The van der Waals surface area contributed by atoms with Crippen molar-refractivity contribution in [1.29, 1.82) is 0 Å². The fraction of sp³-hybridized carbons (Fsp3) is 0.844. The first-order chi connectivity index (χ1) is 22.4. The van der Waals surface area contributed by atoms with Crippen molar-refractivity contribution < 1.29 is 52.8 Å². The van der Waals surface area contributed by atoms with Gasteiger partial charge in [-0.05, 0) is 71.9 Å². The van der Waals surface area contributed by atoms with Crippen molar-refractivity contribution in [1.82, 2.24) is 20.9 Å². The predicted molar refractivity (Wildman–Crippen MR) is 170 cm³/mol. The first-order valence-electron chi connectivity index (χ1n) is 16.8. The number of nitrogens with one attached hydrogen (secondary N) is 3. The second-order valence-corrected chi connectivity index (χ2v) is 12.8. The smallest absolute Gasteiger partial charge is 0.332 e. The third-order valence-electron chi connectivity index (χ3n) is 7.68. The Morgan fingerprint density at radius 3 is 2.13 bits per heavy atom. The molecule has 0 radical (unpaired) electrons. The van der Waals surface area contributed by atoms with Gasteiger partial charge in [0.15, 0.2) is 0 Å². The summed E-state index contributed by atoms with van der Waals surface area (Å²) in [6, 6.07) is -1.24. The molecule has 270 valence electrons. The lowest BCUT2D eigenvalue weighted by molar-refractivity contribution is -0.160. The quantitative estimate of drug-likeness (QED) is 0.0921. The van der Waals surface area contributed by atoms with Gasteiger partial charge in [-0.2, -0.15) is 0 Å². The monoisotopic (exact) mass is 672 g/mol. The average molecular weight is 673 g/mol. The van der Waals surface area contributed by atoms with E-state index >= 15 is 0 Å². The van der Waals surface area contributed by atoms with E-state index in [2.05, 4.69) is 16.0 Å². The van der Waals surface area contributed by atoms with Crippen molar-refractivity contribution in [2.24, 2.45) is 11.8 Å². The molecule has 0 aromatic heterocycles. The first-order valence-corrected chi connectivity index (χ1v) is 16.8. The van der Waals surface area contributed by atoms with Gasteiger partial charge in [-0.1, -0.05) is 0 Å². The lowest BCUT2D eigenvalue weighted by atomic mass is 9.92. The zero-order valence-corrected chi connectivity index (χ0v) is 28.4. The standard InChI is InChI=1S/C32H56N4O11/c1-32(2,3)47-29(40)23-46-20-19-45-18-17-44-16-15-43-14-12-34-31(42)26(21-28(38)39)35-30(41)25-5-4-13-36(22-25)27(37)7-6-24-8-10-33-11-9-24/h24-26,33H,4-23H2,1-3H3,(H,34,42)(H,35,41)(H,38,39)/t25-,26+/m1/s1. The summed E-state index contributed by atoms with van der Waals surface area (Å²) in [5.74, 6) is -2.59. The molecule has 15 heteroatoms. The number of likely N-dealkylation sites (tertiary alicyclic amines) is 1. The molecule has 47 heavy (non-hydrogen) atoms. The summed E-state index contributed by atoms with van der Waals surface area (Å²) in [5.41, 5.74) is -0.551. The number of hydrogen-bond acceptors (Lipinski definition) is 11. The van der Waals surface area contributed by atoms with E-state index in [1.165, 1.54) is 0 Å². The minimum atomic E-state index is -1.24. The van der Waals surface area contributed by atoms with E-state index in [4.69, 9.17) is 23.7 Å². The number of piperidine rings is 2. The summed E-state index contributed by atoms with van der Waals surface area (Å²) in [4.78, 5) is 63.2. The molecule has 0 aromatic carbocycles. The predicted octanol–water partition coefficient (Wildman–Crippen LogP) is 0.489. The number of aliphatic carboxylic acids is 1. The Kier molecular flexibility index (Phi) is 19.5. The summed E-state index contributed by atoms with van der Waals surface area (Å²) in [6.45, 7) is 10.2. The molecular weight excluding hydrogens is 616 g/mol. The van der Waals surface area contributed by atoms with Gasteiger partial charge in [-0.15, -0.1) is 0 Å². The number of carbonyl (C=O) groups excluding carboxylic acids is 4. The maximum Gasteiger partial charge on any atom is 0.332 e. The molecule has 2 atom stereocenters. The normalized spacial score (nSPS) is 17.9. The van der Waals surface area contributed by atoms with Gasteiger partial charge in [0.2, 0.25) is 17.7 Å². The molecule has 0 bridgehead atoms. The molecule has 0 saturated carbocycles. The number of amides is 3. The van der Waals surface area contributed by atoms with Crippen molar-refractivity contribution in [2.45, 2.75) is 77.4 Å².